The smallest absolute Gasteiger partial charge is 0.258 e. The average Bonchev–Trinajstić information content (AvgIpc) is 2.63. The first-order valence-electron chi connectivity index (χ1n) is 4.14. The first-order valence-corrected chi connectivity index (χ1v) is 5.77. The Hall–Kier alpha value is -1.17. The molecule has 0 unspecified atom stereocenters. The van der Waals surface area contributed by atoms with Crippen LogP contribution in [0.25, 0.3) is 10.6 Å². The van der Waals surface area contributed by atoms with Gasteiger partial charge in [0.25, 0.3) is 5.69 Å². The number of nitro groups is 1. The lowest BCUT2D eigenvalue weighted by molar-refractivity contribution is -0.384. The number of pyridine rings is 1. The molecule has 0 aliphatic carbocycles. The van der Waals surface area contributed by atoms with Crippen LogP contribution in [0.4, 0.5) is 5.69 Å². The predicted octanol–water partition coefficient (Wildman–Crippen LogP) is 4.03. The minimum Gasteiger partial charge on any atom is -0.258 e. The molecule has 2 aromatic rings. The molecule has 0 atom stereocenters. The molecule has 7 heteroatoms. The third kappa shape index (κ3) is 2.02. The Bertz CT molecular complexity index is 556. The van der Waals surface area contributed by atoms with Gasteiger partial charge in [0.1, 0.15) is 5.15 Å². The number of nitrogens with zero attached hydrogens (tertiary/aromatic N) is 2. The summed E-state index contributed by atoms with van der Waals surface area (Å²) in [5.41, 5.74) is 0.103. The van der Waals surface area contributed by atoms with Crippen molar-refractivity contribution in [2.24, 2.45) is 0 Å². The second-order valence-corrected chi connectivity index (χ2v) is 4.57. The van der Waals surface area contributed by atoms with Crippen molar-refractivity contribution < 1.29 is 4.92 Å². The molecule has 82 valence electrons. The Balaban J connectivity index is 2.67. The first-order chi connectivity index (χ1) is 7.59. The molecule has 0 aromatic carbocycles. The normalized spacial score (nSPS) is 10.4. The summed E-state index contributed by atoms with van der Waals surface area (Å²) in [5.74, 6) is 0. The zero-order valence-electron chi connectivity index (χ0n) is 7.68. The zero-order valence-corrected chi connectivity index (χ0v) is 10.0. The molecule has 0 saturated heterocycles. The molecule has 0 aliphatic heterocycles. The zero-order chi connectivity index (χ0) is 11.7. The van der Waals surface area contributed by atoms with Gasteiger partial charge in [0.05, 0.1) is 14.8 Å². The molecular formula is C9H4Cl2N2O2S. The summed E-state index contributed by atoms with van der Waals surface area (Å²) in [6, 6.07) is 4.36. The number of thiophene rings is 1. The van der Waals surface area contributed by atoms with E-state index in [2.05, 4.69) is 4.98 Å². The van der Waals surface area contributed by atoms with Crippen molar-refractivity contribution in [3.05, 3.63) is 43.9 Å². The van der Waals surface area contributed by atoms with Crippen LogP contribution in [0, 0.1) is 10.1 Å². The van der Waals surface area contributed by atoms with Gasteiger partial charge in [-0.3, -0.25) is 10.1 Å². The molecule has 0 amide bonds. The van der Waals surface area contributed by atoms with Crippen LogP contribution in [0.5, 0.6) is 0 Å². The van der Waals surface area contributed by atoms with Crippen molar-refractivity contribution in [1.82, 2.24) is 4.98 Å². The minimum atomic E-state index is -0.505. The first kappa shape index (κ1) is 11.3. The van der Waals surface area contributed by atoms with Crippen molar-refractivity contribution in [2.75, 3.05) is 0 Å². The molecule has 2 aromatic heterocycles. The van der Waals surface area contributed by atoms with Gasteiger partial charge in [-0.25, -0.2) is 4.98 Å². The van der Waals surface area contributed by atoms with Crippen LogP contribution >= 0.6 is 34.5 Å². The summed E-state index contributed by atoms with van der Waals surface area (Å²) < 4.78 is 0. The molecule has 2 heterocycles. The topological polar surface area (TPSA) is 56.0 Å². The van der Waals surface area contributed by atoms with Gasteiger partial charge in [0, 0.05) is 6.07 Å². The second-order valence-electron chi connectivity index (χ2n) is 2.86. The average molecular weight is 275 g/mol. The van der Waals surface area contributed by atoms with E-state index in [1.54, 1.807) is 11.4 Å². The van der Waals surface area contributed by atoms with E-state index in [0.29, 0.717) is 9.90 Å². The SMILES string of the molecule is O=[N+]([O-])c1ccc(Cl)nc1-c1sccc1Cl. The van der Waals surface area contributed by atoms with Crippen molar-refractivity contribution in [2.45, 2.75) is 0 Å². The van der Waals surface area contributed by atoms with E-state index in [4.69, 9.17) is 23.2 Å². The van der Waals surface area contributed by atoms with E-state index in [1.807, 2.05) is 0 Å². The van der Waals surface area contributed by atoms with Gasteiger partial charge < -0.3 is 0 Å². The van der Waals surface area contributed by atoms with E-state index >= 15 is 0 Å². The van der Waals surface area contributed by atoms with Gasteiger partial charge in [-0.15, -0.1) is 11.3 Å². The van der Waals surface area contributed by atoms with E-state index in [-0.39, 0.29) is 16.5 Å². The van der Waals surface area contributed by atoms with E-state index in [0.717, 1.165) is 0 Å². The number of hydrogen-bond acceptors (Lipinski definition) is 4. The summed E-state index contributed by atoms with van der Waals surface area (Å²) in [6.07, 6.45) is 0. The predicted molar refractivity (Wildman–Crippen MR) is 64.2 cm³/mol. The van der Waals surface area contributed by atoms with Gasteiger partial charge >= 0.3 is 0 Å². The van der Waals surface area contributed by atoms with Crippen molar-refractivity contribution in [3.63, 3.8) is 0 Å². The number of rotatable bonds is 2. The molecule has 0 N–H and O–H groups in total. The molecule has 0 bridgehead atoms. The fourth-order valence-electron chi connectivity index (χ4n) is 1.21. The lowest BCUT2D eigenvalue weighted by atomic mass is 10.2. The van der Waals surface area contributed by atoms with Crippen molar-refractivity contribution >= 4 is 40.2 Å². The number of aromatic nitrogens is 1. The van der Waals surface area contributed by atoms with Crippen LogP contribution in [-0.2, 0) is 0 Å². The second kappa shape index (κ2) is 4.37. The highest BCUT2D eigenvalue weighted by molar-refractivity contribution is 7.14. The summed E-state index contributed by atoms with van der Waals surface area (Å²) >= 11 is 12.9. The largest absolute Gasteiger partial charge is 0.296 e. The Kier molecular flexibility index (Phi) is 3.09. The minimum absolute atomic E-state index is 0.103. The third-order valence-corrected chi connectivity index (χ3v) is 3.43. The van der Waals surface area contributed by atoms with Gasteiger partial charge in [0.2, 0.25) is 0 Å². The molecule has 0 radical (unpaired) electrons. The fraction of sp³-hybridized carbons (Fsp3) is 0. The summed E-state index contributed by atoms with van der Waals surface area (Å²) in [4.78, 5) is 14.8. The van der Waals surface area contributed by atoms with Crippen LogP contribution in [-0.4, -0.2) is 9.91 Å². The van der Waals surface area contributed by atoms with E-state index in [1.165, 1.54) is 23.5 Å². The van der Waals surface area contributed by atoms with Crippen LogP contribution in [0.1, 0.15) is 0 Å². The molecule has 16 heavy (non-hydrogen) atoms. The third-order valence-electron chi connectivity index (χ3n) is 1.87. The lowest BCUT2D eigenvalue weighted by Gasteiger charge is -2.00. The van der Waals surface area contributed by atoms with Gasteiger partial charge in [0.15, 0.2) is 5.69 Å². The maximum Gasteiger partial charge on any atom is 0.296 e. The van der Waals surface area contributed by atoms with Gasteiger partial charge in [-0.2, -0.15) is 0 Å². The van der Waals surface area contributed by atoms with Crippen molar-refractivity contribution in [1.29, 1.82) is 0 Å². The monoisotopic (exact) mass is 274 g/mol. The number of hydrogen-bond donors (Lipinski definition) is 0. The summed E-state index contributed by atoms with van der Waals surface area (Å²) in [5, 5.41) is 13.2. The van der Waals surface area contributed by atoms with Crippen LogP contribution in [0.3, 0.4) is 0 Å². The van der Waals surface area contributed by atoms with Crippen molar-refractivity contribution in [3.8, 4) is 10.6 Å². The van der Waals surface area contributed by atoms with E-state index < -0.39 is 4.92 Å². The Morgan fingerprint density at radius 1 is 1.31 bits per heavy atom. The number of halogens is 2. The van der Waals surface area contributed by atoms with Crippen LogP contribution in [0.15, 0.2) is 23.6 Å². The fourth-order valence-corrected chi connectivity index (χ4v) is 2.50. The quantitative estimate of drug-likeness (QED) is 0.472. The Morgan fingerprint density at radius 2 is 2.06 bits per heavy atom. The Morgan fingerprint density at radius 3 is 2.62 bits per heavy atom. The molecule has 0 spiro atoms. The van der Waals surface area contributed by atoms with Gasteiger partial charge in [-0.05, 0) is 17.5 Å². The molecule has 0 aliphatic rings. The molecule has 0 saturated carbocycles. The maximum absolute atomic E-state index is 10.8. The summed E-state index contributed by atoms with van der Waals surface area (Å²) in [7, 11) is 0. The lowest BCUT2D eigenvalue weighted by Crippen LogP contribution is -1.93. The van der Waals surface area contributed by atoms with Crippen LogP contribution < -0.4 is 0 Å². The maximum atomic E-state index is 10.8. The Labute approximate surface area is 105 Å². The van der Waals surface area contributed by atoms with Gasteiger partial charge in [-0.1, -0.05) is 23.2 Å². The molecular weight excluding hydrogens is 271 g/mol. The highest BCUT2D eigenvalue weighted by Crippen LogP contribution is 2.37. The van der Waals surface area contributed by atoms with Crippen LogP contribution in [0.2, 0.25) is 10.2 Å². The molecule has 2 rings (SSSR count). The highest BCUT2D eigenvalue weighted by Gasteiger charge is 2.20. The molecule has 0 fully saturated rings. The standard InChI is InChI=1S/C9H4Cl2N2O2S/c10-5-3-4-16-9(5)8-6(13(14)15)1-2-7(11)12-8/h1-4H. The molecule has 4 nitrogen and oxygen atoms in total. The highest BCUT2D eigenvalue weighted by atomic mass is 35.5. The van der Waals surface area contributed by atoms with E-state index in [9.17, 15) is 10.1 Å². The summed E-state index contributed by atoms with van der Waals surface area (Å²) in [6.45, 7) is 0.